The Hall–Kier alpha value is -2.42. The number of amides is 1. The van der Waals surface area contributed by atoms with Crippen LogP contribution in [0.5, 0.6) is 0 Å². The molecule has 0 bridgehead atoms. The van der Waals surface area contributed by atoms with Crippen LogP contribution in [-0.4, -0.2) is 45.3 Å². The lowest BCUT2D eigenvalue weighted by molar-refractivity contribution is -0.119. The Morgan fingerprint density at radius 1 is 1.14 bits per heavy atom. The molecule has 7 nitrogen and oxygen atoms in total. The van der Waals surface area contributed by atoms with Crippen molar-refractivity contribution >= 4 is 39.2 Å². The van der Waals surface area contributed by atoms with Gasteiger partial charge in [0.05, 0.1) is 10.6 Å². The Balaban J connectivity index is 2.06. The number of halogens is 1. The van der Waals surface area contributed by atoms with Crippen LogP contribution in [0.3, 0.4) is 0 Å². The highest BCUT2D eigenvalue weighted by molar-refractivity contribution is 7.89. The fourth-order valence-corrected chi connectivity index (χ4v) is 3.70. The average molecular weight is 425 g/mol. The molecule has 0 saturated heterocycles. The number of hydrogen-bond acceptors (Lipinski definition) is 5. The van der Waals surface area contributed by atoms with Crippen molar-refractivity contribution in [2.45, 2.75) is 18.2 Å². The third kappa shape index (κ3) is 5.31. The summed E-state index contributed by atoms with van der Waals surface area (Å²) >= 11 is 5.95. The lowest BCUT2D eigenvalue weighted by Gasteiger charge is -2.13. The van der Waals surface area contributed by atoms with Gasteiger partial charge in [0, 0.05) is 19.8 Å². The molecule has 0 aromatic heterocycles. The molecule has 2 rings (SSSR count). The van der Waals surface area contributed by atoms with E-state index in [0.717, 1.165) is 22.4 Å². The van der Waals surface area contributed by atoms with Gasteiger partial charge in [0.25, 0.3) is 5.91 Å². The summed E-state index contributed by atoms with van der Waals surface area (Å²) in [5.74, 6) is -1.33. The number of rotatable bonds is 7. The molecule has 0 unspecified atom stereocenters. The van der Waals surface area contributed by atoms with Crippen molar-refractivity contribution in [2.24, 2.45) is 0 Å². The Kier molecular flexibility index (Phi) is 7.17. The first-order valence-electron chi connectivity index (χ1n) is 8.43. The summed E-state index contributed by atoms with van der Waals surface area (Å²) in [5, 5.41) is 2.63. The van der Waals surface area contributed by atoms with E-state index < -0.39 is 28.5 Å². The number of esters is 1. The van der Waals surface area contributed by atoms with Crippen LogP contribution in [0.25, 0.3) is 0 Å². The predicted molar refractivity (Wildman–Crippen MR) is 107 cm³/mol. The predicted octanol–water partition coefficient (Wildman–Crippen LogP) is 2.95. The molecule has 0 fully saturated rings. The maximum atomic E-state index is 12.3. The van der Waals surface area contributed by atoms with Gasteiger partial charge in [-0.3, -0.25) is 4.79 Å². The largest absolute Gasteiger partial charge is 0.452 e. The fraction of sp³-hybridized carbons (Fsp3) is 0.263. The van der Waals surface area contributed by atoms with Gasteiger partial charge in [0.2, 0.25) is 10.0 Å². The van der Waals surface area contributed by atoms with Gasteiger partial charge >= 0.3 is 5.97 Å². The van der Waals surface area contributed by atoms with E-state index in [4.69, 9.17) is 16.3 Å². The standard InChI is InChI=1S/C19H21ClN2O5S/c1-4-13-6-5-7-15(10-13)21-18(23)12-27-19(24)14-8-9-16(20)17(11-14)28(25,26)22(2)3/h5-11H,4,12H2,1-3H3,(H,21,23). The lowest BCUT2D eigenvalue weighted by Crippen LogP contribution is -2.23. The molecule has 0 aliphatic heterocycles. The van der Waals surface area contributed by atoms with Crippen LogP contribution in [0, 0.1) is 0 Å². The number of ether oxygens (including phenoxy) is 1. The van der Waals surface area contributed by atoms with E-state index in [1.165, 1.54) is 26.2 Å². The molecular formula is C19H21ClN2O5S. The van der Waals surface area contributed by atoms with Crippen molar-refractivity contribution in [3.63, 3.8) is 0 Å². The molecule has 2 aromatic carbocycles. The minimum absolute atomic E-state index is 0.0150. The van der Waals surface area contributed by atoms with Gasteiger partial charge in [0.1, 0.15) is 4.90 Å². The lowest BCUT2D eigenvalue weighted by atomic mass is 10.1. The summed E-state index contributed by atoms with van der Waals surface area (Å²) in [6.45, 7) is 1.49. The molecule has 0 aliphatic carbocycles. The van der Waals surface area contributed by atoms with Crippen molar-refractivity contribution in [3.05, 3.63) is 58.6 Å². The molecule has 0 heterocycles. The van der Waals surface area contributed by atoms with Gasteiger partial charge in [-0.05, 0) is 42.3 Å². The zero-order valence-electron chi connectivity index (χ0n) is 15.7. The zero-order valence-corrected chi connectivity index (χ0v) is 17.3. The number of carbonyl (C=O) groups is 2. The fourth-order valence-electron chi connectivity index (χ4n) is 2.31. The van der Waals surface area contributed by atoms with Crippen molar-refractivity contribution < 1.29 is 22.7 Å². The van der Waals surface area contributed by atoms with Gasteiger partial charge in [-0.2, -0.15) is 0 Å². The molecular weight excluding hydrogens is 404 g/mol. The SMILES string of the molecule is CCc1cccc(NC(=O)COC(=O)c2ccc(Cl)c(S(=O)(=O)N(C)C)c2)c1. The Morgan fingerprint density at radius 3 is 2.50 bits per heavy atom. The van der Waals surface area contributed by atoms with Crippen LogP contribution in [0.2, 0.25) is 5.02 Å². The van der Waals surface area contributed by atoms with Crippen LogP contribution in [-0.2, 0) is 26.0 Å². The summed E-state index contributed by atoms with van der Waals surface area (Å²) < 4.78 is 30.5. The molecule has 9 heteroatoms. The van der Waals surface area contributed by atoms with Crippen LogP contribution >= 0.6 is 11.6 Å². The Bertz CT molecular complexity index is 990. The first kappa shape index (κ1) is 21.9. The molecule has 28 heavy (non-hydrogen) atoms. The maximum Gasteiger partial charge on any atom is 0.338 e. The maximum absolute atomic E-state index is 12.3. The molecule has 0 saturated carbocycles. The number of aryl methyl sites for hydroxylation is 1. The Morgan fingerprint density at radius 2 is 1.86 bits per heavy atom. The molecule has 0 aliphatic rings. The van der Waals surface area contributed by atoms with E-state index in [1.807, 2.05) is 25.1 Å². The number of hydrogen-bond donors (Lipinski definition) is 1. The average Bonchev–Trinajstić information content (AvgIpc) is 2.66. The monoisotopic (exact) mass is 424 g/mol. The van der Waals surface area contributed by atoms with Crippen LogP contribution in [0.1, 0.15) is 22.8 Å². The highest BCUT2D eigenvalue weighted by Gasteiger charge is 2.23. The van der Waals surface area contributed by atoms with E-state index in [9.17, 15) is 18.0 Å². The first-order chi connectivity index (χ1) is 13.1. The van der Waals surface area contributed by atoms with Gasteiger partial charge < -0.3 is 10.1 Å². The van der Waals surface area contributed by atoms with E-state index in [2.05, 4.69) is 5.32 Å². The number of nitrogens with one attached hydrogen (secondary N) is 1. The summed E-state index contributed by atoms with van der Waals surface area (Å²) in [4.78, 5) is 24.0. The molecule has 0 radical (unpaired) electrons. The molecule has 1 N–H and O–H groups in total. The Labute approximate surface area is 169 Å². The molecule has 0 atom stereocenters. The van der Waals surface area contributed by atoms with E-state index in [0.29, 0.717) is 5.69 Å². The topological polar surface area (TPSA) is 92.8 Å². The molecule has 0 spiro atoms. The van der Waals surface area contributed by atoms with Crippen molar-refractivity contribution in [2.75, 3.05) is 26.0 Å². The van der Waals surface area contributed by atoms with Gasteiger partial charge in [0.15, 0.2) is 6.61 Å². The number of sulfonamides is 1. The highest BCUT2D eigenvalue weighted by Crippen LogP contribution is 2.25. The summed E-state index contributed by atoms with van der Waals surface area (Å²) in [6, 6.07) is 11.1. The van der Waals surface area contributed by atoms with Crippen LogP contribution in [0.4, 0.5) is 5.69 Å². The normalized spacial score (nSPS) is 11.3. The van der Waals surface area contributed by atoms with Gasteiger partial charge in [-0.25, -0.2) is 17.5 Å². The van der Waals surface area contributed by atoms with Crippen LogP contribution in [0.15, 0.2) is 47.4 Å². The third-order valence-corrected chi connectivity index (χ3v) is 6.18. The van der Waals surface area contributed by atoms with E-state index in [-0.39, 0.29) is 15.5 Å². The molecule has 2 aromatic rings. The van der Waals surface area contributed by atoms with E-state index in [1.54, 1.807) is 6.07 Å². The zero-order chi connectivity index (χ0) is 20.9. The smallest absolute Gasteiger partial charge is 0.338 e. The summed E-state index contributed by atoms with van der Waals surface area (Å²) in [5.41, 5.74) is 1.64. The number of anilines is 1. The summed E-state index contributed by atoms with van der Waals surface area (Å²) in [7, 11) is -1.12. The van der Waals surface area contributed by atoms with E-state index >= 15 is 0 Å². The second-order valence-electron chi connectivity index (χ2n) is 6.11. The molecule has 1 amide bonds. The minimum Gasteiger partial charge on any atom is -0.452 e. The second kappa shape index (κ2) is 9.18. The first-order valence-corrected chi connectivity index (χ1v) is 10.2. The number of nitrogens with zero attached hydrogens (tertiary/aromatic N) is 1. The highest BCUT2D eigenvalue weighted by atomic mass is 35.5. The minimum atomic E-state index is -3.83. The van der Waals surface area contributed by atoms with Gasteiger partial charge in [-0.15, -0.1) is 0 Å². The second-order valence-corrected chi connectivity index (χ2v) is 8.64. The molecule has 150 valence electrons. The van der Waals surface area contributed by atoms with Crippen LogP contribution < -0.4 is 5.32 Å². The third-order valence-electron chi connectivity index (χ3n) is 3.88. The van der Waals surface area contributed by atoms with Gasteiger partial charge in [-0.1, -0.05) is 30.7 Å². The number of carbonyl (C=O) groups excluding carboxylic acids is 2. The van der Waals surface area contributed by atoms with Crippen molar-refractivity contribution in [1.82, 2.24) is 4.31 Å². The quantitative estimate of drug-likeness (QED) is 0.690. The summed E-state index contributed by atoms with van der Waals surface area (Å²) in [6.07, 6.45) is 0.827. The number of benzene rings is 2. The van der Waals surface area contributed by atoms with Crippen molar-refractivity contribution in [1.29, 1.82) is 0 Å². The van der Waals surface area contributed by atoms with Crippen molar-refractivity contribution in [3.8, 4) is 0 Å².